The molecule has 0 aromatic heterocycles. The highest BCUT2D eigenvalue weighted by atomic mass is 32.2. The summed E-state index contributed by atoms with van der Waals surface area (Å²) in [6, 6.07) is 13.6. The quantitative estimate of drug-likeness (QED) is 0.405. The number of alkyl halides is 3. The van der Waals surface area contributed by atoms with Crippen LogP contribution in [0.5, 0.6) is 0 Å². The highest BCUT2D eigenvalue weighted by molar-refractivity contribution is 7.92. The van der Waals surface area contributed by atoms with E-state index in [1.807, 2.05) is 0 Å². The Hall–Kier alpha value is -3.93. The van der Waals surface area contributed by atoms with Gasteiger partial charge in [0.25, 0.3) is 21.6 Å². The van der Waals surface area contributed by atoms with Gasteiger partial charge in [-0.15, -0.1) is 0 Å². The van der Waals surface area contributed by atoms with Crippen LogP contribution >= 0.6 is 0 Å². The normalized spacial score (nSPS) is 11.6. The van der Waals surface area contributed by atoms with Crippen molar-refractivity contribution in [1.82, 2.24) is 0 Å². The lowest BCUT2D eigenvalue weighted by molar-refractivity contribution is -0.384. The number of sulfonamides is 1. The van der Waals surface area contributed by atoms with Gasteiger partial charge in [0, 0.05) is 29.1 Å². The zero-order chi connectivity index (χ0) is 23.5. The van der Waals surface area contributed by atoms with Gasteiger partial charge in [-0.3, -0.25) is 19.6 Å². The van der Waals surface area contributed by atoms with Crippen molar-refractivity contribution in [3.63, 3.8) is 0 Å². The number of nitro benzene ring substituents is 1. The van der Waals surface area contributed by atoms with E-state index in [9.17, 15) is 36.5 Å². The van der Waals surface area contributed by atoms with Gasteiger partial charge < -0.3 is 5.32 Å². The number of nitrogens with one attached hydrogen (secondary N) is 2. The summed E-state index contributed by atoms with van der Waals surface area (Å²) in [5, 5.41) is 13.2. The lowest BCUT2D eigenvalue weighted by atomic mass is 10.2. The molecule has 8 nitrogen and oxygen atoms in total. The number of carbonyl (C=O) groups excluding carboxylic acids is 1. The molecular weight excluding hydrogens is 451 g/mol. The molecule has 0 unspecified atom stereocenters. The molecular formula is C20H14F3N3O5S. The predicted molar refractivity (Wildman–Crippen MR) is 110 cm³/mol. The Morgan fingerprint density at radius 2 is 1.53 bits per heavy atom. The summed E-state index contributed by atoms with van der Waals surface area (Å²) in [4.78, 5) is 22.1. The molecule has 3 aromatic rings. The second kappa shape index (κ2) is 8.67. The minimum Gasteiger partial charge on any atom is -0.322 e. The number of benzene rings is 3. The molecule has 0 aliphatic carbocycles. The number of hydrogen-bond donors (Lipinski definition) is 2. The fourth-order valence-corrected chi connectivity index (χ4v) is 3.68. The first-order chi connectivity index (χ1) is 15.0. The van der Waals surface area contributed by atoms with Crippen LogP contribution in [-0.2, 0) is 16.2 Å². The molecule has 12 heteroatoms. The standard InChI is InChI=1S/C20H14F3N3O5S/c21-20(22,23)14-2-1-3-16(12-14)25-32(30,31)18-10-6-15(7-11-18)24-19(27)13-4-8-17(9-5-13)26(28)29/h1-12,25H,(H,24,27). The van der Waals surface area contributed by atoms with Gasteiger partial charge in [0.1, 0.15) is 0 Å². The highest BCUT2D eigenvalue weighted by Gasteiger charge is 2.30. The Bertz CT molecular complexity index is 1260. The fourth-order valence-electron chi connectivity index (χ4n) is 2.63. The third-order valence-electron chi connectivity index (χ3n) is 4.20. The smallest absolute Gasteiger partial charge is 0.322 e. The summed E-state index contributed by atoms with van der Waals surface area (Å²) in [5.74, 6) is -0.572. The van der Waals surface area contributed by atoms with Gasteiger partial charge in [-0.25, -0.2) is 8.42 Å². The predicted octanol–water partition coefficient (Wildman–Crippen LogP) is 4.67. The van der Waals surface area contributed by atoms with Crippen LogP contribution < -0.4 is 10.0 Å². The van der Waals surface area contributed by atoms with Crippen molar-refractivity contribution in [2.75, 3.05) is 10.0 Å². The van der Waals surface area contributed by atoms with E-state index >= 15 is 0 Å². The van der Waals surface area contributed by atoms with E-state index in [2.05, 4.69) is 10.0 Å². The van der Waals surface area contributed by atoms with Crippen LogP contribution in [0.15, 0.2) is 77.7 Å². The van der Waals surface area contributed by atoms with E-state index in [1.165, 1.54) is 54.6 Å². The molecule has 0 fully saturated rings. The molecule has 0 aliphatic rings. The van der Waals surface area contributed by atoms with E-state index in [1.54, 1.807) is 0 Å². The minimum atomic E-state index is -4.62. The van der Waals surface area contributed by atoms with Gasteiger partial charge in [-0.2, -0.15) is 13.2 Å². The van der Waals surface area contributed by atoms with Gasteiger partial charge in [0.2, 0.25) is 0 Å². The molecule has 3 rings (SSSR count). The number of amides is 1. The first-order valence-corrected chi connectivity index (χ1v) is 10.3. The molecule has 0 spiro atoms. The van der Waals surface area contributed by atoms with Crippen molar-refractivity contribution in [2.45, 2.75) is 11.1 Å². The third-order valence-corrected chi connectivity index (χ3v) is 5.60. The second-order valence-electron chi connectivity index (χ2n) is 6.47. The highest BCUT2D eigenvalue weighted by Crippen LogP contribution is 2.31. The first-order valence-electron chi connectivity index (χ1n) is 8.82. The maximum Gasteiger partial charge on any atom is 0.416 e. The van der Waals surface area contributed by atoms with Gasteiger partial charge in [-0.05, 0) is 54.6 Å². The third kappa shape index (κ3) is 5.40. The number of hydrogen-bond acceptors (Lipinski definition) is 5. The Balaban J connectivity index is 1.71. The summed E-state index contributed by atoms with van der Waals surface area (Å²) in [5.41, 5.74) is -1.04. The number of halogens is 3. The van der Waals surface area contributed by atoms with Gasteiger partial charge in [-0.1, -0.05) is 6.07 Å². The molecule has 32 heavy (non-hydrogen) atoms. The van der Waals surface area contributed by atoms with Crippen LogP contribution in [-0.4, -0.2) is 19.2 Å². The van der Waals surface area contributed by atoms with E-state index in [-0.39, 0.29) is 27.5 Å². The maximum absolute atomic E-state index is 12.8. The van der Waals surface area contributed by atoms with Crippen molar-refractivity contribution in [1.29, 1.82) is 0 Å². The summed E-state index contributed by atoms with van der Waals surface area (Å²) in [6.45, 7) is 0. The zero-order valence-electron chi connectivity index (χ0n) is 16.0. The first kappa shape index (κ1) is 22.7. The molecule has 166 valence electrons. The number of anilines is 2. The topological polar surface area (TPSA) is 118 Å². The average Bonchev–Trinajstić information content (AvgIpc) is 2.73. The number of rotatable bonds is 6. The van der Waals surface area contributed by atoms with Crippen molar-refractivity contribution in [3.8, 4) is 0 Å². The monoisotopic (exact) mass is 465 g/mol. The number of nitrogens with zero attached hydrogens (tertiary/aromatic N) is 1. The maximum atomic E-state index is 12.8. The Labute approximate surface area is 179 Å². The van der Waals surface area contributed by atoms with Crippen molar-refractivity contribution in [3.05, 3.63) is 94.0 Å². The summed E-state index contributed by atoms with van der Waals surface area (Å²) in [6.07, 6.45) is -4.62. The lowest BCUT2D eigenvalue weighted by Crippen LogP contribution is -2.15. The largest absolute Gasteiger partial charge is 0.416 e. The van der Waals surface area contributed by atoms with E-state index in [0.29, 0.717) is 6.07 Å². The van der Waals surface area contributed by atoms with E-state index < -0.39 is 32.6 Å². The van der Waals surface area contributed by atoms with Crippen LogP contribution in [0, 0.1) is 10.1 Å². The number of carbonyl (C=O) groups is 1. The van der Waals surface area contributed by atoms with E-state index in [0.717, 1.165) is 12.1 Å². The molecule has 2 N–H and O–H groups in total. The van der Waals surface area contributed by atoms with Crippen molar-refractivity contribution >= 4 is 33.0 Å². The Kier molecular flexibility index (Phi) is 6.16. The van der Waals surface area contributed by atoms with Crippen LogP contribution in [0.25, 0.3) is 0 Å². The molecule has 3 aromatic carbocycles. The van der Waals surface area contributed by atoms with Gasteiger partial charge >= 0.3 is 6.18 Å². The molecule has 0 heterocycles. The minimum absolute atomic E-state index is 0.151. The van der Waals surface area contributed by atoms with Crippen LogP contribution in [0.1, 0.15) is 15.9 Å². The van der Waals surface area contributed by atoms with Crippen LogP contribution in [0.3, 0.4) is 0 Å². The van der Waals surface area contributed by atoms with Crippen LogP contribution in [0.2, 0.25) is 0 Å². The number of non-ortho nitro benzene ring substituents is 1. The Morgan fingerprint density at radius 1 is 0.906 bits per heavy atom. The lowest BCUT2D eigenvalue weighted by Gasteiger charge is -2.12. The molecule has 1 amide bonds. The van der Waals surface area contributed by atoms with Crippen molar-refractivity contribution in [2.24, 2.45) is 0 Å². The van der Waals surface area contributed by atoms with Gasteiger partial charge in [0.15, 0.2) is 0 Å². The average molecular weight is 465 g/mol. The second-order valence-corrected chi connectivity index (χ2v) is 8.15. The Morgan fingerprint density at radius 3 is 2.09 bits per heavy atom. The zero-order valence-corrected chi connectivity index (χ0v) is 16.8. The fraction of sp³-hybridized carbons (Fsp3) is 0.0500. The SMILES string of the molecule is O=C(Nc1ccc(S(=O)(=O)Nc2cccc(C(F)(F)F)c2)cc1)c1ccc([N+](=O)[O-])cc1. The molecule has 0 atom stereocenters. The summed E-state index contributed by atoms with van der Waals surface area (Å²) in [7, 11) is -4.18. The number of nitro groups is 1. The summed E-state index contributed by atoms with van der Waals surface area (Å²) < 4.78 is 65.4. The molecule has 0 radical (unpaired) electrons. The van der Waals surface area contributed by atoms with E-state index in [4.69, 9.17) is 0 Å². The van der Waals surface area contributed by atoms with Crippen LogP contribution in [0.4, 0.5) is 30.2 Å². The van der Waals surface area contributed by atoms with Crippen molar-refractivity contribution < 1.29 is 31.3 Å². The molecule has 0 aliphatic heterocycles. The summed E-state index contributed by atoms with van der Waals surface area (Å²) >= 11 is 0. The molecule has 0 saturated heterocycles. The molecule has 0 saturated carbocycles. The van der Waals surface area contributed by atoms with Gasteiger partial charge in [0.05, 0.1) is 15.4 Å². The molecule has 0 bridgehead atoms.